The fraction of sp³-hybridized carbons (Fsp3) is 0. The van der Waals surface area contributed by atoms with Gasteiger partial charge in [-0.2, -0.15) is 9.78 Å². The van der Waals surface area contributed by atoms with Crippen LogP contribution in [0.1, 0.15) is 0 Å². The highest BCUT2D eigenvalue weighted by Gasteiger charge is 2.13. The molecule has 3 aromatic carbocycles. The van der Waals surface area contributed by atoms with Gasteiger partial charge in [-0.05, 0) is 36.4 Å². The third-order valence-electron chi connectivity index (χ3n) is 3.98. The van der Waals surface area contributed by atoms with E-state index in [0.29, 0.717) is 26.8 Å². The largest absolute Gasteiger partial charge is 0.279 e. The van der Waals surface area contributed by atoms with Crippen molar-refractivity contribution in [2.75, 3.05) is 0 Å². The van der Waals surface area contributed by atoms with E-state index in [2.05, 4.69) is 5.10 Å². The van der Waals surface area contributed by atoms with Gasteiger partial charge in [-0.1, -0.05) is 59.6 Å². The summed E-state index contributed by atoms with van der Waals surface area (Å²) < 4.78 is 1.39. The summed E-state index contributed by atoms with van der Waals surface area (Å²) in [6.07, 6.45) is 0. The van der Waals surface area contributed by atoms with E-state index in [1.165, 1.54) is 4.68 Å². The van der Waals surface area contributed by atoms with E-state index in [1.807, 2.05) is 42.5 Å². The van der Waals surface area contributed by atoms with Crippen LogP contribution in [0.15, 0.2) is 77.6 Å². The van der Waals surface area contributed by atoms with Crippen LogP contribution < -0.4 is 5.56 Å². The molecule has 0 unspecified atom stereocenters. The minimum absolute atomic E-state index is 0.185. The Kier molecular flexibility index (Phi) is 4.04. The second-order valence-electron chi connectivity index (χ2n) is 5.60. The Hall–Kier alpha value is -2.62. The summed E-state index contributed by atoms with van der Waals surface area (Å²) in [7, 11) is 0. The van der Waals surface area contributed by atoms with Crippen LogP contribution in [0.4, 0.5) is 0 Å². The molecular weight excluding hydrogens is 355 g/mol. The van der Waals surface area contributed by atoms with Crippen molar-refractivity contribution in [1.82, 2.24) is 9.78 Å². The van der Waals surface area contributed by atoms with E-state index in [1.54, 1.807) is 30.3 Å². The third kappa shape index (κ3) is 2.93. The van der Waals surface area contributed by atoms with Crippen LogP contribution in [-0.4, -0.2) is 9.78 Å². The maximum absolute atomic E-state index is 12.9. The minimum atomic E-state index is -0.185. The highest BCUT2D eigenvalue weighted by molar-refractivity contribution is 6.31. The van der Waals surface area contributed by atoms with Gasteiger partial charge in [0.15, 0.2) is 0 Å². The summed E-state index contributed by atoms with van der Waals surface area (Å²) in [5.41, 5.74) is 2.04. The third-order valence-corrected chi connectivity index (χ3v) is 4.46. The molecule has 122 valence electrons. The Morgan fingerprint density at radius 2 is 1.48 bits per heavy atom. The standard InChI is InChI=1S/C20H12Cl2N2O/c21-14-10-8-13(9-11-14)19-17-6-1-2-7-18(17)20(25)24(23-19)16-5-3-4-15(22)12-16/h1-12H. The van der Waals surface area contributed by atoms with Gasteiger partial charge in [-0.15, -0.1) is 0 Å². The molecular formula is C20H12Cl2N2O. The maximum atomic E-state index is 12.9. The van der Waals surface area contributed by atoms with E-state index in [-0.39, 0.29) is 5.56 Å². The fourth-order valence-corrected chi connectivity index (χ4v) is 3.10. The SMILES string of the molecule is O=c1c2ccccc2c(-c2ccc(Cl)cc2)nn1-c1cccc(Cl)c1. The van der Waals surface area contributed by atoms with Crippen molar-refractivity contribution >= 4 is 34.0 Å². The zero-order valence-electron chi connectivity index (χ0n) is 13.0. The molecule has 0 aliphatic carbocycles. The Labute approximate surface area is 154 Å². The van der Waals surface area contributed by atoms with Gasteiger partial charge in [0.1, 0.15) is 0 Å². The molecule has 1 heterocycles. The number of benzene rings is 3. The van der Waals surface area contributed by atoms with Crippen LogP contribution in [-0.2, 0) is 0 Å². The van der Waals surface area contributed by atoms with Gasteiger partial charge in [-0.3, -0.25) is 4.79 Å². The molecule has 0 bridgehead atoms. The van der Waals surface area contributed by atoms with Gasteiger partial charge >= 0.3 is 0 Å². The lowest BCUT2D eigenvalue weighted by atomic mass is 10.1. The molecule has 0 N–H and O–H groups in total. The van der Waals surface area contributed by atoms with Gasteiger partial charge in [0, 0.05) is 21.0 Å². The Balaban J connectivity index is 2.07. The average Bonchev–Trinajstić information content (AvgIpc) is 2.63. The lowest BCUT2D eigenvalue weighted by Crippen LogP contribution is -2.22. The molecule has 1 aromatic heterocycles. The monoisotopic (exact) mass is 366 g/mol. The highest BCUT2D eigenvalue weighted by atomic mass is 35.5. The molecule has 4 aromatic rings. The van der Waals surface area contributed by atoms with Crippen LogP contribution >= 0.6 is 23.2 Å². The molecule has 0 aliphatic rings. The summed E-state index contributed by atoms with van der Waals surface area (Å²) in [5, 5.41) is 7.21. The Morgan fingerprint density at radius 1 is 0.760 bits per heavy atom. The van der Waals surface area contributed by atoms with Crippen LogP contribution in [0.25, 0.3) is 27.7 Å². The summed E-state index contributed by atoms with van der Waals surface area (Å²) >= 11 is 12.1. The first kappa shape index (κ1) is 15.9. The average molecular weight is 367 g/mol. The number of hydrogen-bond acceptors (Lipinski definition) is 2. The smallest absolute Gasteiger partial charge is 0.267 e. The molecule has 0 aliphatic heterocycles. The molecule has 3 nitrogen and oxygen atoms in total. The zero-order valence-corrected chi connectivity index (χ0v) is 14.5. The molecule has 0 saturated heterocycles. The van der Waals surface area contributed by atoms with Crippen molar-refractivity contribution in [3.8, 4) is 16.9 Å². The minimum Gasteiger partial charge on any atom is -0.267 e. The Bertz CT molecular complexity index is 1130. The molecule has 0 fully saturated rings. The molecule has 0 amide bonds. The lowest BCUT2D eigenvalue weighted by Gasteiger charge is -2.11. The molecule has 0 saturated carbocycles. The van der Waals surface area contributed by atoms with E-state index in [9.17, 15) is 4.79 Å². The molecule has 0 atom stereocenters. The van der Waals surface area contributed by atoms with Crippen molar-refractivity contribution in [2.45, 2.75) is 0 Å². The van der Waals surface area contributed by atoms with Gasteiger partial charge < -0.3 is 0 Å². The molecule has 0 spiro atoms. The zero-order chi connectivity index (χ0) is 17.4. The second-order valence-corrected chi connectivity index (χ2v) is 6.47. The summed E-state index contributed by atoms with van der Waals surface area (Å²) in [4.78, 5) is 12.9. The predicted octanol–water partition coefficient (Wildman–Crippen LogP) is 5.36. The first-order valence-corrected chi connectivity index (χ1v) is 8.43. The number of nitrogens with zero attached hydrogens (tertiary/aromatic N) is 2. The van der Waals surface area contributed by atoms with Crippen molar-refractivity contribution in [3.05, 3.63) is 93.2 Å². The van der Waals surface area contributed by atoms with Crippen molar-refractivity contribution in [3.63, 3.8) is 0 Å². The van der Waals surface area contributed by atoms with Crippen LogP contribution in [0.3, 0.4) is 0 Å². The predicted molar refractivity (Wildman–Crippen MR) is 103 cm³/mol. The van der Waals surface area contributed by atoms with Gasteiger partial charge in [0.25, 0.3) is 5.56 Å². The van der Waals surface area contributed by atoms with Crippen molar-refractivity contribution in [2.24, 2.45) is 0 Å². The molecule has 5 heteroatoms. The van der Waals surface area contributed by atoms with Crippen LogP contribution in [0.2, 0.25) is 10.0 Å². The topological polar surface area (TPSA) is 34.9 Å². The quantitative estimate of drug-likeness (QED) is 0.478. The number of aromatic nitrogens is 2. The van der Waals surface area contributed by atoms with Gasteiger partial charge in [-0.25, -0.2) is 0 Å². The lowest BCUT2D eigenvalue weighted by molar-refractivity contribution is 0.826. The van der Waals surface area contributed by atoms with Gasteiger partial charge in [0.2, 0.25) is 0 Å². The maximum Gasteiger partial charge on any atom is 0.279 e. The van der Waals surface area contributed by atoms with E-state index < -0.39 is 0 Å². The van der Waals surface area contributed by atoms with Crippen LogP contribution in [0, 0.1) is 0 Å². The van der Waals surface area contributed by atoms with Gasteiger partial charge in [0.05, 0.1) is 16.8 Å². The van der Waals surface area contributed by atoms with E-state index in [0.717, 1.165) is 10.9 Å². The van der Waals surface area contributed by atoms with E-state index in [4.69, 9.17) is 23.2 Å². The van der Waals surface area contributed by atoms with Crippen molar-refractivity contribution in [1.29, 1.82) is 0 Å². The number of rotatable bonds is 2. The molecule has 4 rings (SSSR count). The first-order valence-electron chi connectivity index (χ1n) is 7.67. The summed E-state index contributed by atoms with van der Waals surface area (Å²) in [6, 6.07) is 21.9. The summed E-state index contributed by atoms with van der Waals surface area (Å²) in [6.45, 7) is 0. The number of fused-ring (bicyclic) bond motifs is 1. The van der Waals surface area contributed by atoms with Crippen LogP contribution in [0.5, 0.6) is 0 Å². The second kappa shape index (κ2) is 6.36. The summed E-state index contributed by atoms with van der Waals surface area (Å²) in [5.74, 6) is 0. The first-order chi connectivity index (χ1) is 12.1. The van der Waals surface area contributed by atoms with Crippen molar-refractivity contribution < 1.29 is 0 Å². The number of halogens is 2. The molecule has 0 radical (unpaired) electrons. The highest BCUT2D eigenvalue weighted by Crippen LogP contribution is 2.26. The Morgan fingerprint density at radius 3 is 2.20 bits per heavy atom. The fourth-order valence-electron chi connectivity index (χ4n) is 2.79. The molecule has 25 heavy (non-hydrogen) atoms. The number of hydrogen-bond donors (Lipinski definition) is 0. The normalized spacial score (nSPS) is 11.0. The van der Waals surface area contributed by atoms with E-state index >= 15 is 0 Å².